The zero-order valence-electron chi connectivity index (χ0n) is 16.3. The summed E-state index contributed by atoms with van der Waals surface area (Å²) >= 11 is 0. The smallest absolute Gasteiger partial charge is 0.270 e. The lowest BCUT2D eigenvalue weighted by Gasteiger charge is -2.32. The van der Waals surface area contributed by atoms with Crippen molar-refractivity contribution in [1.82, 2.24) is 20.2 Å². The molecule has 1 N–H and O–H groups in total. The van der Waals surface area contributed by atoms with Crippen molar-refractivity contribution in [3.8, 4) is 0 Å². The molecule has 0 bridgehead atoms. The molecule has 0 aliphatic carbocycles. The number of aromatic nitrogens is 2. The van der Waals surface area contributed by atoms with E-state index in [0.29, 0.717) is 11.6 Å². The van der Waals surface area contributed by atoms with Crippen LogP contribution in [0.15, 0.2) is 54.7 Å². The molecule has 0 saturated carbocycles. The number of fused-ring (bicyclic) bond motifs is 1. The first-order chi connectivity index (χ1) is 13.6. The van der Waals surface area contributed by atoms with Crippen LogP contribution >= 0.6 is 0 Å². The number of likely N-dealkylation sites (N-methyl/N-ethyl adjacent to an activating group) is 1. The van der Waals surface area contributed by atoms with Crippen molar-refractivity contribution >= 4 is 22.6 Å². The predicted molar refractivity (Wildman–Crippen MR) is 112 cm³/mol. The van der Waals surface area contributed by atoms with Crippen LogP contribution in [0.25, 0.3) is 10.8 Å². The molecular formula is C22H25N5O. The van der Waals surface area contributed by atoms with E-state index in [1.165, 1.54) is 5.39 Å². The van der Waals surface area contributed by atoms with E-state index in [4.69, 9.17) is 0 Å². The number of rotatable bonds is 4. The molecule has 1 atom stereocenters. The minimum atomic E-state index is -0.182. The van der Waals surface area contributed by atoms with Gasteiger partial charge in [0.1, 0.15) is 5.69 Å². The van der Waals surface area contributed by atoms with Crippen LogP contribution in [0.1, 0.15) is 29.0 Å². The second-order valence-electron chi connectivity index (χ2n) is 7.30. The standard InChI is InChI=1S/C22H25N5O/c1-16(18-9-5-7-17-6-3-4-8-19(17)18)24-21(28)20-10-11-23-22(25-20)27-14-12-26(2)13-15-27/h3-11,16H,12-15H2,1-2H3,(H,24,28)/t16-/m1/s1. The molecule has 4 rings (SSSR count). The fourth-order valence-corrected chi connectivity index (χ4v) is 3.61. The van der Waals surface area contributed by atoms with Crippen LogP contribution in [0.3, 0.4) is 0 Å². The van der Waals surface area contributed by atoms with Gasteiger partial charge in [-0.15, -0.1) is 0 Å². The van der Waals surface area contributed by atoms with Gasteiger partial charge < -0.3 is 15.1 Å². The van der Waals surface area contributed by atoms with Crippen LogP contribution in [-0.4, -0.2) is 54.0 Å². The normalized spacial score (nSPS) is 16.1. The Morgan fingerprint density at radius 2 is 1.79 bits per heavy atom. The van der Waals surface area contributed by atoms with Gasteiger partial charge >= 0.3 is 0 Å². The summed E-state index contributed by atoms with van der Waals surface area (Å²) in [7, 11) is 2.11. The van der Waals surface area contributed by atoms with Crippen molar-refractivity contribution in [1.29, 1.82) is 0 Å². The molecule has 3 aromatic rings. The van der Waals surface area contributed by atoms with Crippen LogP contribution in [-0.2, 0) is 0 Å². The van der Waals surface area contributed by atoms with E-state index in [1.54, 1.807) is 12.3 Å². The summed E-state index contributed by atoms with van der Waals surface area (Å²) in [5, 5.41) is 5.40. The highest BCUT2D eigenvalue weighted by atomic mass is 16.1. The van der Waals surface area contributed by atoms with Crippen molar-refractivity contribution in [3.05, 3.63) is 66.0 Å². The molecule has 144 valence electrons. The van der Waals surface area contributed by atoms with Gasteiger partial charge in [-0.05, 0) is 36.4 Å². The summed E-state index contributed by atoms with van der Waals surface area (Å²) in [6.45, 7) is 5.68. The van der Waals surface area contributed by atoms with E-state index in [2.05, 4.69) is 56.4 Å². The number of hydrogen-bond donors (Lipinski definition) is 1. The van der Waals surface area contributed by atoms with Gasteiger partial charge in [0, 0.05) is 32.4 Å². The molecule has 0 radical (unpaired) electrons. The molecule has 0 unspecified atom stereocenters. The van der Waals surface area contributed by atoms with Gasteiger partial charge in [0.2, 0.25) is 5.95 Å². The number of piperazine rings is 1. The van der Waals surface area contributed by atoms with Crippen LogP contribution in [0.2, 0.25) is 0 Å². The van der Waals surface area contributed by atoms with Crippen molar-refractivity contribution in [2.24, 2.45) is 0 Å². The molecule has 1 saturated heterocycles. The number of anilines is 1. The molecule has 1 aliphatic heterocycles. The van der Waals surface area contributed by atoms with E-state index in [-0.39, 0.29) is 11.9 Å². The topological polar surface area (TPSA) is 61.4 Å². The number of nitrogens with one attached hydrogen (secondary N) is 1. The molecule has 1 fully saturated rings. The molecule has 1 aromatic heterocycles. The third-order valence-corrected chi connectivity index (χ3v) is 5.30. The Morgan fingerprint density at radius 3 is 2.61 bits per heavy atom. The number of hydrogen-bond acceptors (Lipinski definition) is 5. The highest BCUT2D eigenvalue weighted by molar-refractivity contribution is 5.93. The molecule has 2 aromatic carbocycles. The van der Waals surface area contributed by atoms with Crippen LogP contribution < -0.4 is 10.2 Å². The van der Waals surface area contributed by atoms with Crippen LogP contribution in [0, 0.1) is 0 Å². The summed E-state index contributed by atoms with van der Waals surface area (Å²) in [5.41, 5.74) is 1.50. The quantitative estimate of drug-likeness (QED) is 0.760. The number of benzene rings is 2. The first kappa shape index (κ1) is 18.4. The second-order valence-corrected chi connectivity index (χ2v) is 7.30. The van der Waals surface area contributed by atoms with Crippen LogP contribution in [0.5, 0.6) is 0 Å². The van der Waals surface area contributed by atoms with E-state index in [1.807, 2.05) is 25.1 Å². The summed E-state index contributed by atoms with van der Waals surface area (Å²) in [6, 6.07) is 15.9. The average molecular weight is 375 g/mol. The fourth-order valence-electron chi connectivity index (χ4n) is 3.61. The Hall–Kier alpha value is -2.99. The van der Waals surface area contributed by atoms with Crippen LogP contribution in [0.4, 0.5) is 5.95 Å². The number of carbonyl (C=O) groups is 1. The van der Waals surface area contributed by atoms with Gasteiger partial charge in [0.05, 0.1) is 6.04 Å². The summed E-state index contributed by atoms with van der Waals surface area (Å²) in [5.74, 6) is 0.441. The maximum absolute atomic E-state index is 12.8. The summed E-state index contributed by atoms with van der Waals surface area (Å²) in [4.78, 5) is 26.1. The fraction of sp³-hybridized carbons (Fsp3) is 0.318. The van der Waals surface area contributed by atoms with E-state index >= 15 is 0 Å². The predicted octanol–water partition coefficient (Wildman–Crippen LogP) is 2.87. The van der Waals surface area contributed by atoms with Gasteiger partial charge in [-0.3, -0.25) is 4.79 Å². The SMILES string of the molecule is C[C@@H](NC(=O)c1ccnc(N2CCN(C)CC2)n1)c1cccc2ccccc12. The zero-order valence-corrected chi connectivity index (χ0v) is 16.3. The molecule has 2 heterocycles. The Kier molecular flexibility index (Phi) is 5.21. The van der Waals surface area contributed by atoms with Gasteiger partial charge in [0.25, 0.3) is 5.91 Å². The first-order valence-electron chi connectivity index (χ1n) is 9.67. The van der Waals surface area contributed by atoms with Gasteiger partial charge in [0.15, 0.2) is 0 Å². The molecule has 6 heteroatoms. The Bertz CT molecular complexity index is 976. The monoisotopic (exact) mass is 375 g/mol. The second kappa shape index (κ2) is 7.94. The molecule has 1 aliphatic rings. The van der Waals surface area contributed by atoms with E-state index in [9.17, 15) is 4.79 Å². The molecular weight excluding hydrogens is 350 g/mol. The maximum Gasteiger partial charge on any atom is 0.270 e. The Labute approximate surface area is 165 Å². The van der Waals surface area contributed by atoms with Gasteiger partial charge in [-0.2, -0.15) is 0 Å². The number of carbonyl (C=O) groups excluding carboxylic acids is 1. The number of amides is 1. The van der Waals surface area contributed by atoms with Crippen molar-refractivity contribution in [3.63, 3.8) is 0 Å². The zero-order chi connectivity index (χ0) is 19.5. The maximum atomic E-state index is 12.8. The molecule has 1 amide bonds. The highest BCUT2D eigenvalue weighted by Crippen LogP contribution is 2.24. The molecule has 6 nitrogen and oxygen atoms in total. The minimum absolute atomic E-state index is 0.124. The molecule has 28 heavy (non-hydrogen) atoms. The Morgan fingerprint density at radius 1 is 1.04 bits per heavy atom. The van der Waals surface area contributed by atoms with Gasteiger partial charge in [-0.25, -0.2) is 9.97 Å². The van der Waals surface area contributed by atoms with Gasteiger partial charge in [-0.1, -0.05) is 42.5 Å². The van der Waals surface area contributed by atoms with Crippen molar-refractivity contribution < 1.29 is 4.79 Å². The third kappa shape index (κ3) is 3.82. The van der Waals surface area contributed by atoms with E-state index in [0.717, 1.165) is 37.1 Å². The minimum Gasteiger partial charge on any atom is -0.344 e. The lowest BCUT2D eigenvalue weighted by Crippen LogP contribution is -2.45. The average Bonchev–Trinajstić information content (AvgIpc) is 2.74. The first-order valence-corrected chi connectivity index (χ1v) is 9.67. The number of nitrogens with zero attached hydrogens (tertiary/aromatic N) is 4. The lowest BCUT2D eigenvalue weighted by molar-refractivity contribution is 0.0935. The summed E-state index contributed by atoms with van der Waals surface area (Å²) < 4.78 is 0. The van der Waals surface area contributed by atoms with Crippen molar-refractivity contribution in [2.45, 2.75) is 13.0 Å². The lowest BCUT2D eigenvalue weighted by atomic mass is 9.99. The largest absolute Gasteiger partial charge is 0.344 e. The highest BCUT2D eigenvalue weighted by Gasteiger charge is 2.19. The Balaban J connectivity index is 1.51. The third-order valence-electron chi connectivity index (χ3n) is 5.30. The summed E-state index contributed by atoms with van der Waals surface area (Å²) in [6.07, 6.45) is 1.66. The van der Waals surface area contributed by atoms with Crippen molar-refractivity contribution in [2.75, 3.05) is 38.1 Å². The molecule has 0 spiro atoms. The van der Waals surface area contributed by atoms with E-state index < -0.39 is 0 Å².